The molecule has 2 saturated heterocycles. The largest absolute Gasteiger partial charge is 0.341 e. The zero-order valence-electron chi connectivity index (χ0n) is 17.2. The van der Waals surface area contributed by atoms with Crippen LogP contribution >= 0.6 is 0 Å². The van der Waals surface area contributed by atoms with E-state index >= 15 is 0 Å². The molecule has 1 amide bonds. The summed E-state index contributed by atoms with van der Waals surface area (Å²) < 4.78 is 13.2. The van der Waals surface area contributed by atoms with Crippen molar-refractivity contribution in [2.75, 3.05) is 32.7 Å². The molecule has 4 nitrogen and oxygen atoms in total. The Morgan fingerprint density at radius 1 is 1.07 bits per heavy atom. The first-order valence-corrected chi connectivity index (χ1v) is 10.8. The van der Waals surface area contributed by atoms with E-state index in [4.69, 9.17) is 4.98 Å². The molecule has 0 unspecified atom stereocenters. The van der Waals surface area contributed by atoms with Gasteiger partial charge in [0.2, 0.25) is 5.91 Å². The number of rotatable bonds is 5. The fourth-order valence-electron chi connectivity index (χ4n) is 4.59. The molecule has 3 heterocycles. The molecule has 1 aromatic heterocycles. The number of benzene rings is 1. The van der Waals surface area contributed by atoms with Gasteiger partial charge >= 0.3 is 0 Å². The van der Waals surface area contributed by atoms with Crippen LogP contribution in [0.5, 0.6) is 0 Å². The fourth-order valence-corrected chi connectivity index (χ4v) is 4.59. The van der Waals surface area contributed by atoms with E-state index < -0.39 is 0 Å². The maximum absolute atomic E-state index is 13.2. The van der Waals surface area contributed by atoms with Crippen LogP contribution in [0, 0.1) is 12.7 Å². The molecular weight excluding hydrogens is 365 g/mol. The van der Waals surface area contributed by atoms with E-state index in [0.29, 0.717) is 6.54 Å². The molecule has 2 fully saturated rings. The number of carbonyl (C=O) groups excluding carboxylic acids is 1. The van der Waals surface area contributed by atoms with Crippen molar-refractivity contribution in [3.8, 4) is 0 Å². The Morgan fingerprint density at radius 2 is 1.83 bits per heavy atom. The van der Waals surface area contributed by atoms with Gasteiger partial charge in [-0.25, -0.2) is 4.39 Å². The van der Waals surface area contributed by atoms with Gasteiger partial charge in [0.05, 0.1) is 6.54 Å². The first-order valence-electron chi connectivity index (χ1n) is 10.8. The number of hydrogen-bond acceptors (Lipinski definition) is 3. The van der Waals surface area contributed by atoms with Crippen molar-refractivity contribution < 1.29 is 9.18 Å². The van der Waals surface area contributed by atoms with E-state index in [9.17, 15) is 9.18 Å². The number of amides is 1. The Hall–Kier alpha value is -2.27. The van der Waals surface area contributed by atoms with Crippen LogP contribution in [-0.4, -0.2) is 53.4 Å². The number of hydrogen-bond donors (Lipinski definition) is 0. The van der Waals surface area contributed by atoms with Gasteiger partial charge in [-0.1, -0.05) is 12.1 Å². The van der Waals surface area contributed by atoms with E-state index in [2.05, 4.69) is 17.0 Å². The topological polar surface area (TPSA) is 36.4 Å². The lowest BCUT2D eigenvalue weighted by atomic mass is 9.92. The number of aromatic nitrogens is 1. The maximum atomic E-state index is 13.2. The van der Waals surface area contributed by atoms with Crippen LogP contribution in [0.25, 0.3) is 0 Å². The van der Waals surface area contributed by atoms with E-state index in [1.54, 1.807) is 0 Å². The second-order valence-corrected chi connectivity index (χ2v) is 8.51. The molecule has 0 spiro atoms. The summed E-state index contributed by atoms with van der Waals surface area (Å²) in [7, 11) is 0. The average molecular weight is 396 g/mol. The third kappa shape index (κ3) is 5.21. The van der Waals surface area contributed by atoms with E-state index in [0.717, 1.165) is 62.4 Å². The van der Waals surface area contributed by atoms with Gasteiger partial charge in [0.1, 0.15) is 5.82 Å². The SMILES string of the molecule is Cc1cc(Cc2ccc(F)cc2)cc([C@@H]2CCCN(C(=O)CN3CCCC3)C2)n1. The van der Waals surface area contributed by atoms with Crippen molar-refractivity contribution in [1.29, 1.82) is 0 Å². The smallest absolute Gasteiger partial charge is 0.236 e. The number of halogens is 1. The lowest BCUT2D eigenvalue weighted by molar-refractivity contribution is -0.133. The van der Waals surface area contributed by atoms with Crippen LogP contribution < -0.4 is 0 Å². The van der Waals surface area contributed by atoms with Crippen LogP contribution in [0.1, 0.15) is 54.1 Å². The molecule has 29 heavy (non-hydrogen) atoms. The number of nitrogens with zero attached hydrogens (tertiary/aromatic N) is 3. The summed E-state index contributed by atoms with van der Waals surface area (Å²) in [5.74, 6) is 0.343. The van der Waals surface area contributed by atoms with Gasteiger partial charge in [-0.3, -0.25) is 14.7 Å². The van der Waals surface area contributed by atoms with Gasteiger partial charge in [-0.15, -0.1) is 0 Å². The number of piperidine rings is 1. The highest BCUT2D eigenvalue weighted by molar-refractivity contribution is 5.78. The van der Waals surface area contributed by atoms with Crippen molar-refractivity contribution in [2.24, 2.45) is 0 Å². The molecule has 0 radical (unpaired) electrons. The monoisotopic (exact) mass is 395 g/mol. The van der Waals surface area contributed by atoms with Crippen LogP contribution in [0.2, 0.25) is 0 Å². The third-order valence-electron chi connectivity index (χ3n) is 6.10. The molecular formula is C24H30FN3O. The summed E-state index contributed by atoms with van der Waals surface area (Å²) >= 11 is 0. The highest BCUT2D eigenvalue weighted by atomic mass is 19.1. The Kier molecular flexibility index (Phi) is 6.24. The number of aryl methyl sites for hydroxylation is 1. The predicted octanol–water partition coefficient (Wildman–Crippen LogP) is 3.92. The molecule has 0 saturated carbocycles. The standard InChI is InChI=1S/C24H30FN3O/c1-18-13-20(14-19-6-8-22(25)9-7-19)15-23(26-18)21-5-4-12-28(16-21)24(29)17-27-10-2-3-11-27/h6-9,13,15,21H,2-5,10-12,14,16-17H2,1H3/t21-/m1/s1. The summed E-state index contributed by atoms with van der Waals surface area (Å²) in [5, 5.41) is 0. The van der Waals surface area contributed by atoms with E-state index in [1.807, 2.05) is 24.0 Å². The van der Waals surface area contributed by atoms with Crippen LogP contribution in [-0.2, 0) is 11.2 Å². The zero-order chi connectivity index (χ0) is 20.2. The minimum atomic E-state index is -0.207. The van der Waals surface area contributed by atoms with Gasteiger partial charge in [-0.05, 0) is 87.5 Å². The van der Waals surface area contributed by atoms with Gasteiger partial charge in [0.15, 0.2) is 0 Å². The van der Waals surface area contributed by atoms with Crippen molar-refractivity contribution in [3.63, 3.8) is 0 Å². The molecule has 0 aliphatic carbocycles. The third-order valence-corrected chi connectivity index (χ3v) is 6.10. The molecule has 5 heteroatoms. The van der Waals surface area contributed by atoms with Crippen molar-refractivity contribution >= 4 is 5.91 Å². The van der Waals surface area contributed by atoms with Crippen molar-refractivity contribution in [2.45, 2.75) is 44.9 Å². The number of carbonyl (C=O) groups is 1. The number of likely N-dealkylation sites (tertiary alicyclic amines) is 2. The first kappa shape index (κ1) is 20.0. The second kappa shape index (κ2) is 9.04. The van der Waals surface area contributed by atoms with Crippen molar-refractivity contribution in [3.05, 3.63) is 64.7 Å². The summed E-state index contributed by atoms with van der Waals surface area (Å²) in [6.07, 6.45) is 5.28. The lowest BCUT2D eigenvalue weighted by Gasteiger charge is -2.33. The van der Waals surface area contributed by atoms with Gasteiger partial charge < -0.3 is 4.90 Å². The van der Waals surface area contributed by atoms with Crippen molar-refractivity contribution in [1.82, 2.24) is 14.8 Å². The second-order valence-electron chi connectivity index (χ2n) is 8.51. The quantitative estimate of drug-likeness (QED) is 0.770. The highest BCUT2D eigenvalue weighted by Crippen LogP contribution is 2.27. The summed E-state index contributed by atoms with van der Waals surface area (Å²) in [6, 6.07) is 11.0. The average Bonchev–Trinajstić information content (AvgIpc) is 3.22. The number of pyridine rings is 1. The molecule has 154 valence electrons. The predicted molar refractivity (Wildman–Crippen MR) is 112 cm³/mol. The van der Waals surface area contributed by atoms with Crippen LogP contribution in [0.4, 0.5) is 4.39 Å². The Morgan fingerprint density at radius 3 is 2.59 bits per heavy atom. The Bertz CT molecular complexity index is 846. The Balaban J connectivity index is 1.44. The molecule has 4 rings (SSSR count). The summed E-state index contributed by atoms with van der Waals surface area (Å²) in [4.78, 5) is 21.9. The lowest BCUT2D eigenvalue weighted by Crippen LogP contribution is -2.44. The van der Waals surface area contributed by atoms with Gasteiger partial charge in [0.25, 0.3) is 0 Å². The minimum Gasteiger partial charge on any atom is -0.341 e. The fraction of sp³-hybridized carbons (Fsp3) is 0.500. The minimum absolute atomic E-state index is 0.207. The molecule has 1 atom stereocenters. The van der Waals surface area contributed by atoms with E-state index in [1.165, 1.54) is 30.5 Å². The summed E-state index contributed by atoms with van der Waals surface area (Å²) in [6.45, 7) is 6.31. The highest BCUT2D eigenvalue weighted by Gasteiger charge is 2.27. The molecule has 0 N–H and O–H groups in total. The molecule has 2 aliphatic rings. The van der Waals surface area contributed by atoms with Crippen LogP contribution in [0.15, 0.2) is 36.4 Å². The molecule has 2 aromatic rings. The molecule has 1 aromatic carbocycles. The Labute approximate surface area is 172 Å². The maximum Gasteiger partial charge on any atom is 0.236 e. The summed E-state index contributed by atoms with van der Waals surface area (Å²) in [5.41, 5.74) is 4.37. The van der Waals surface area contributed by atoms with Gasteiger partial charge in [0, 0.05) is 30.4 Å². The molecule has 2 aliphatic heterocycles. The van der Waals surface area contributed by atoms with E-state index in [-0.39, 0.29) is 17.6 Å². The van der Waals surface area contributed by atoms with Gasteiger partial charge in [-0.2, -0.15) is 0 Å². The van der Waals surface area contributed by atoms with Crippen LogP contribution in [0.3, 0.4) is 0 Å². The first-order chi connectivity index (χ1) is 14.1. The zero-order valence-corrected chi connectivity index (χ0v) is 17.2. The normalized spacial score (nSPS) is 20.2. The molecule has 0 bridgehead atoms.